The van der Waals surface area contributed by atoms with Crippen LogP contribution in [0.3, 0.4) is 0 Å². The lowest BCUT2D eigenvalue weighted by molar-refractivity contribution is -0.135. The number of carboxylic acids is 1. The highest BCUT2D eigenvalue weighted by atomic mass is 32.2. The summed E-state index contributed by atoms with van der Waals surface area (Å²) in [7, 11) is 0. The molecule has 160 valence electrons. The SMILES string of the molecule is CC(C)(C)c1cc(/C=C2/CN(CC(=O)O)c3ccccc3S2)cc(C(C)(C)C)c1O. The highest BCUT2D eigenvalue weighted by molar-refractivity contribution is 8.03. The van der Waals surface area contributed by atoms with Gasteiger partial charge in [0.05, 0.1) is 5.69 Å². The van der Waals surface area contributed by atoms with Crippen molar-refractivity contribution in [3.8, 4) is 5.75 Å². The van der Waals surface area contributed by atoms with E-state index in [0.29, 0.717) is 12.3 Å². The Morgan fingerprint density at radius 2 is 1.63 bits per heavy atom. The van der Waals surface area contributed by atoms with Gasteiger partial charge in [0, 0.05) is 27.5 Å². The maximum Gasteiger partial charge on any atom is 0.323 e. The van der Waals surface area contributed by atoms with Gasteiger partial charge in [-0.3, -0.25) is 4.79 Å². The van der Waals surface area contributed by atoms with Crippen LogP contribution in [0.2, 0.25) is 0 Å². The third kappa shape index (κ3) is 4.84. The summed E-state index contributed by atoms with van der Waals surface area (Å²) in [6.07, 6.45) is 2.12. The Morgan fingerprint density at radius 3 is 2.17 bits per heavy atom. The van der Waals surface area contributed by atoms with Gasteiger partial charge in [0.1, 0.15) is 12.3 Å². The predicted octanol–water partition coefficient (Wildman–Crippen LogP) is 6.03. The van der Waals surface area contributed by atoms with E-state index < -0.39 is 5.97 Å². The van der Waals surface area contributed by atoms with Crippen molar-refractivity contribution in [3.05, 3.63) is 58.0 Å². The maximum absolute atomic E-state index is 11.4. The first-order chi connectivity index (χ1) is 13.9. The van der Waals surface area contributed by atoms with Gasteiger partial charge in [-0.15, -0.1) is 0 Å². The first-order valence-electron chi connectivity index (χ1n) is 10.2. The van der Waals surface area contributed by atoms with Gasteiger partial charge in [-0.1, -0.05) is 65.4 Å². The molecule has 1 heterocycles. The van der Waals surface area contributed by atoms with Crippen LogP contribution in [0.1, 0.15) is 58.2 Å². The summed E-state index contributed by atoms with van der Waals surface area (Å²) in [5.74, 6) is -0.475. The minimum Gasteiger partial charge on any atom is -0.507 e. The topological polar surface area (TPSA) is 60.8 Å². The zero-order valence-electron chi connectivity index (χ0n) is 18.6. The molecule has 0 saturated heterocycles. The second-order valence-corrected chi connectivity index (χ2v) is 11.1. The molecule has 0 fully saturated rings. The number of fused-ring (bicyclic) bond motifs is 1. The smallest absolute Gasteiger partial charge is 0.323 e. The molecular weight excluding hydrogens is 394 g/mol. The molecule has 2 aromatic carbocycles. The average Bonchev–Trinajstić information content (AvgIpc) is 2.60. The fraction of sp³-hybridized carbons (Fsp3) is 0.400. The Labute approximate surface area is 183 Å². The average molecular weight is 426 g/mol. The molecule has 3 rings (SSSR count). The molecule has 30 heavy (non-hydrogen) atoms. The Hall–Kier alpha value is -2.40. The number of rotatable bonds is 3. The molecule has 5 heteroatoms. The van der Waals surface area contributed by atoms with Crippen molar-refractivity contribution in [2.75, 3.05) is 18.0 Å². The van der Waals surface area contributed by atoms with E-state index in [1.54, 1.807) is 11.8 Å². The Kier molecular flexibility index (Phi) is 5.96. The lowest BCUT2D eigenvalue weighted by Crippen LogP contribution is -2.33. The molecule has 0 aromatic heterocycles. The highest BCUT2D eigenvalue weighted by Gasteiger charge is 2.27. The van der Waals surface area contributed by atoms with E-state index in [-0.39, 0.29) is 17.4 Å². The fourth-order valence-electron chi connectivity index (χ4n) is 3.70. The van der Waals surface area contributed by atoms with Crippen molar-refractivity contribution in [2.45, 2.75) is 57.3 Å². The molecule has 4 nitrogen and oxygen atoms in total. The number of carboxylic acid groups (broad SMARTS) is 1. The summed E-state index contributed by atoms with van der Waals surface area (Å²) in [4.78, 5) is 15.4. The van der Waals surface area contributed by atoms with E-state index in [1.807, 2.05) is 29.2 Å². The van der Waals surface area contributed by atoms with Crippen LogP contribution < -0.4 is 4.90 Å². The third-order valence-electron chi connectivity index (χ3n) is 5.20. The summed E-state index contributed by atoms with van der Waals surface area (Å²) >= 11 is 1.68. The van der Waals surface area contributed by atoms with Crippen LogP contribution in [0, 0.1) is 0 Å². The number of anilines is 1. The summed E-state index contributed by atoms with van der Waals surface area (Å²) < 4.78 is 0. The molecule has 0 amide bonds. The number of phenols is 1. The number of aliphatic carboxylic acids is 1. The van der Waals surface area contributed by atoms with Crippen LogP contribution in [-0.2, 0) is 15.6 Å². The van der Waals surface area contributed by atoms with Crippen LogP contribution in [0.15, 0.2) is 46.2 Å². The minimum atomic E-state index is -0.842. The molecular formula is C25H31NO3S. The van der Waals surface area contributed by atoms with Gasteiger partial charge in [-0.2, -0.15) is 0 Å². The number of carbonyl (C=O) groups is 1. The molecule has 2 aromatic rings. The van der Waals surface area contributed by atoms with E-state index in [4.69, 9.17) is 0 Å². The Bertz CT molecular complexity index is 961. The largest absolute Gasteiger partial charge is 0.507 e. The number of para-hydroxylation sites is 1. The van der Waals surface area contributed by atoms with Crippen molar-refractivity contribution < 1.29 is 15.0 Å². The number of phenolic OH excluding ortho intramolecular Hbond substituents is 1. The molecule has 1 aliphatic heterocycles. The quantitative estimate of drug-likeness (QED) is 0.629. The van der Waals surface area contributed by atoms with Crippen molar-refractivity contribution in [1.82, 2.24) is 0 Å². The second kappa shape index (κ2) is 8.03. The zero-order chi connectivity index (χ0) is 22.3. The Morgan fingerprint density at radius 1 is 1.07 bits per heavy atom. The summed E-state index contributed by atoms with van der Waals surface area (Å²) in [6, 6.07) is 12.0. The van der Waals surface area contributed by atoms with Gasteiger partial charge in [0.25, 0.3) is 0 Å². The lowest BCUT2D eigenvalue weighted by Gasteiger charge is -2.31. The molecule has 0 bridgehead atoms. The molecule has 0 spiro atoms. The van der Waals surface area contributed by atoms with E-state index in [1.165, 1.54) is 0 Å². The van der Waals surface area contributed by atoms with Crippen LogP contribution in [-0.4, -0.2) is 29.3 Å². The third-order valence-corrected chi connectivity index (χ3v) is 6.27. The fourth-order valence-corrected chi connectivity index (χ4v) is 4.85. The number of nitrogens with zero attached hydrogens (tertiary/aromatic N) is 1. The molecule has 0 saturated carbocycles. The van der Waals surface area contributed by atoms with Crippen molar-refractivity contribution in [3.63, 3.8) is 0 Å². The summed E-state index contributed by atoms with van der Waals surface area (Å²) in [5, 5.41) is 20.3. The first kappa shape index (κ1) is 22.3. The number of hydrogen-bond donors (Lipinski definition) is 2. The zero-order valence-corrected chi connectivity index (χ0v) is 19.4. The molecule has 2 N–H and O–H groups in total. The Balaban J connectivity index is 2.09. The normalized spacial score (nSPS) is 15.9. The lowest BCUT2D eigenvalue weighted by atomic mass is 9.78. The van der Waals surface area contributed by atoms with Gasteiger partial charge < -0.3 is 15.1 Å². The first-order valence-corrected chi connectivity index (χ1v) is 11.0. The maximum atomic E-state index is 11.4. The molecule has 1 aliphatic rings. The molecule has 0 atom stereocenters. The molecule has 0 unspecified atom stereocenters. The minimum absolute atomic E-state index is 0.0367. The van der Waals surface area contributed by atoms with Gasteiger partial charge in [-0.05, 0) is 46.7 Å². The van der Waals surface area contributed by atoms with Gasteiger partial charge >= 0.3 is 5.97 Å². The summed E-state index contributed by atoms with van der Waals surface area (Å²) in [6.45, 7) is 13.1. The van der Waals surface area contributed by atoms with Crippen molar-refractivity contribution in [2.24, 2.45) is 0 Å². The van der Waals surface area contributed by atoms with Gasteiger partial charge in [0.15, 0.2) is 0 Å². The summed E-state index contributed by atoms with van der Waals surface area (Å²) in [5.41, 5.74) is 3.44. The number of thioether (sulfide) groups is 1. The van der Waals surface area contributed by atoms with Crippen molar-refractivity contribution in [1.29, 1.82) is 0 Å². The highest BCUT2D eigenvalue weighted by Crippen LogP contribution is 2.43. The number of aromatic hydroxyl groups is 1. The van der Waals surface area contributed by atoms with E-state index in [2.05, 4.69) is 59.8 Å². The van der Waals surface area contributed by atoms with Crippen molar-refractivity contribution >= 4 is 29.5 Å². The molecule has 0 aliphatic carbocycles. The van der Waals surface area contributed by atoms with Crippen LogP contribution in [0.25, 0.3) is 6.08 Å². The van der Waals surface area contributed by atoms with E-state index in [0.717, 1.165) is 32.2 Å². The molecule has 0 radical (unpaired) electrons. The van der Waals surface area contributed by atoms with E-state index >= 15 is 0 Å². The van der Waals surface area contributed by atoms with E-state index in [9.17, 15) is 15.0 Å². The monoisotopic (exact) mass is 425 g/mol. The van der Waals surface area contributed by atoms with Gasteiger partial charge in [0.2, 0.25) is 0 Å². The van der Waals surface area contributed by atoms with Crippen LogP contribution in [0.4, 0.5) is 5.69 Å². The second-order valence-electron chi connectivity index (χ2n) is 9.89. The van der Waals surface area contributed by atoms with Gasteiger partial charge in [-0.25, -0.2) is 0 Å². The van der Waals surface area contributed by atoms with Crippen LogP contribution in [0.5, 0.6) is 5.75 Å². The standard InChI is InChI=1S/C25H31NO3S/c1-24(2,3)18-12-16(13-19(23(18)29)25(4,5)6)11-17-14-26(15-22(27)28)20-9-7-8-10-21(20)30-17/h7-13,29H,14-15H2,1-6H3,(H,27,28)/b17-11-. The number of hydrogen-bond acceptors (Lipinski definition) is 4. The number of benzene rings is 2. The van der Waals surface area contributed by atoms with Crippen LogP contribution >= 0.6 is 11.8 Å². The predicted molar refractivity (Wildman–Crippen MR) is 126 cm³/mol.